The van der Waals surface area contributed by atoms with E-state index in [1.165, 1.54) is 18.4 Å². The average Bonchev–Trinajstić information content (AvgIpc) is 2.66. The van der Waals surface area contributed by atoms with Crippen molar-refractivity contribution in [2.24, 2.45) is 0 Å². The van der Waals surface area contributed by atoms with E-state index >= 15 is 0 Å². The smallest absolute Gasteiger partial charge is 0.254 e. The molecule has 0 aliphatic carbocycles. The number of amides is 1. The predicted molar refractivity (Wildman–Crippen MR) is 54.2 cm³/mol. The zero-order valence-electron chi connectivity index (χ0n) is 8.07. The normalized spacial score (nSPS) is 24.7. The third-order valence-corrected chi connectivity index (χ3v) is 3.34. The molecule has 0 bridgehead atoms. The van der Waals surface area contributed by atoms with Crippen molar-refractivity contribution in [1.82, 2.24) is 4.90 Å². The Labute approximate surface area is 83.5 Å². The quantitative estimate of drug-likeness (QED) is 0.607. The summed E-state index contributed by atoms with van der Waals surface area (Å²) in [5.74, 6) is 0.245. The summed E-state index contributed by atoms with van der Waals surface area (Å²) in [6.45, 7) is 0.956. The number of fused-ring (bicyclic) bond motifs is 2. The summed E-state index contributed by atoms with van der Waals surface area (Å²) in [7, 11) is 0. The highest BCUT2D eigenvalue weighted by molar-refractivity contribution is 5.97. The number of carbonyl (C=O) groups is 1. The van der Waals surface area contributed by atoms with Gasteiger partial charge in [0.05, 0.1) is 0 Å². The van der Waals surface area contributed by atoms with Crippen LogP contribution in [0, 0.1) is 0 Å². The van der Waals surface area contributed by atoms with Crippen LogP contribution in [0.25, 0.3) is 0 Å². The number of rotatable bonds is 0. The number of benzene rings is 1. The minimum Gasteiger partial charge on any atom is -0.335 e. The van der Waals surface area contributed by atoms with Gasteiger partial charge in [-0.1, -0.05) is 18.2 Å². The molecule has 2 heteroatoms. The van der Waals surface area contributed by atoms with E-state index in [1.807, 2.05) is 23.1 Å². The molecule has 0 radical (unpaired) electrons. The van der Waals surface area contributed by atoms with Gasteiger partial charge < -0.3 is 4.90 Å². The van der Waals surface area contributed by atoms with Gasteiger partial charge in [-0.25, -0.2) is 0 Å². The van der Waals surface area contributed by atoms with E-state index in [4.69, 9.17) is 0 Å². The van der Waals surface area contributed by atoms with E-state index in [9.17, 15) is 4.79 Å². The Balaban J connectivity index is 2.08. The maximum absolute atomic E-state index is 12.0. The zero-order valence-corrected chi connectivity index (χ0v) is 8.07. The maximum atomic E-state index is 12.0. The van der Waals surface area contributed by atoms with Crippen LogP contribution in [-0.2, 0) is 6.42 Å². The molecule has 1 aromatic carbocycles. The summed E-state index contributed by atoms with van der Waals surface area (Å²) in [6, 6.07) is 8.50. The molecular weight excluding hydrogens is 174 g/mol. The van der Waals surface area contributed by atoms with Crippen LogP contribution in [0.15, 0.2) is 24.3 Å². The van der Waals surface area contributed by atoms with Crippen LogP contribution in [0.4, 0.5) is 0 Å². The summed E-state index contributed by atoms with van der Waals surface area (Å²) in [5, 5.41) is 0. The van der Waals surface area contributed by atoms with E-state index in [0.717, 1.165) is 18.5 Å². The second-order valence-corrected chi connectivity index (χ2v) is 4.16. The summed E-state index contributed by atoms with van der Waals surface area (Å²) in [5.41, 5.74) is 2.16. The van der Waals surface area contributed by atoms with Crippen LogP contribution >= 0.6 is 0 Å². The van der Waals surface area contributed by atoms with Gasteiger partial charge in [-0.2, -0.15) is 0 Å². The minimum atomic E-state index is 0.245. The van der Waals surface area contributed by atoms with Crippen molar-refractivity contribution in [3.8, 4) is 0 Å². The molecular formula is C12H13NO. The first kappa shape index (κ1) is 8.04. The third kappa shape index (κ3) is 0.999. The molecule has 72 valence electrons. The van der Waals surface area contributed by atoms with Gasteiger partial charge in [0.2, 0.25) is 0 Å². The van der Waals surface area contributed by atoms with Gasteiger partial charge in [-0.15, -0.1) is 0 Å². The van der Waals surface area contributed by atoms with Crippen LogP contribution in [-0.4, -0.2) is 23.4 Å². The highest BCUT2D eigenvalue weighted by Gasteiger charge is 2.34. The molecule has 1 amide bonds. The Hall–Kier alpha value is -1.31. The van der Waals surface area contributed by atoms with Crippen molar-refractivity contribution < 1.29 is 4.79 Å². The Kier molecular flexibility index (Phi) is 1.63. The molecule has 0 aromatic heterocycles. The van der Waals surface area contributed by atoms with E-state index < -0.39 is 0 Å². The Morgan fingerprint density at radius 2 is 2.14 bits per heavy atom. The summed E-state index contributed by atoms with van der Waals surface area (Å²) < 4.78 is 0. The first-order valence-electron chi connectivity index (χ1n) is 5.25. The van der Waals surface area contributed by atoms with Gasteiger partial charge in [0, 0.05) is 18.2 Å². The monoisotopic (exact) mass is 187 g/mol. The lowest BCUT2D eigenvalue weighted by atomic mass is 9.94. The molecule has 14 heavy (non-hydrogen) atoms. The average molecular weight is 187 g/mol. The first-order chi connectivity index (χ1) is 6.86. The van der Waals surface area contributed by atoms with Gasteiger partial charge in [0.1, 0.15) is 0 Å². The van der Waals surface area contributed by atoms with Crippen LogP contribution in [0.5, 0.6) is 0 Å². The summed E-state index contributed by atoms with van der Waals surface area (Å²) in [4.78, 5) is 14.1. The zero-order chi connectivity index (χ0) is 9.54. The van der Waals surface area contributed by atoms with Crippen LogP contribution in [0.1, 0.15) is 28.8 Å². The van der Waals surface area contributed by atoms with Crippen molar-refractivity contribution in [2.75, 3.05) is 6.54 Å². The van der Waals surface area contributed by atoms with Crippen LogP contribution in [0.3, 0.4) is 0 Å². The lowest BCUT2D eigenvalue weighted by Crippen LogP contribution is -2.41. The van der Waals surface area contributed by atoms with E-state index in [-0.39, 0.29) is 5.91 Å². The van der Waals surface area contributed by atoms with Crippen LogP contribution < -0.4 is 0 Å². The molecule has 1 saturated heterocycles. The number of carbonyl (C=O) groups excluding carboxylic acids is 1. The molecule has 1 aromatic rings. The van der Waals surface area contributed by atoms with Gasteiger partial charge >= 0.3 is 0 Å². The SMILES string of the molecule is O=C1c2ccccc2CC2CCCN12. The van der Waals surface area contributed by atoms with Crippen molar-refractivity contribution in [2.45, 2.75) is 25.3 Å². The highest BCUT2D eigenvalue weighted by Crippen LogP contribution is 2.29. The molecule has 1 atom stereocenters. The van der Waals surface area contributed by atoms with Gasteiger partial charge in [0.15, 0.2) is 0 Å². The van der Waals surface area contributed by atoms with E-state index in [0.29, 0.717) is 6.04 Å². The Morgan fingerprint density at radius 3 is 3.07 bits per heavy atom. The molecule has 0 saturated carbocycles. The van der Waals surface area contributed by atoms with Crippen LogP contribution in [0.2, 0.25) is 0 Å². The lowest BCUT2D eigenvalue weighted by molar-refractivity contribution is 0.0714. The number of hydrogen-bond acceptors (Lipinski definition) is 1. The van der Waals surface area contributed by atoms with E-state index in [2.05, 4.69) is 6.07 Å². The van der Waals surface area contributed by atoms with Crippen molar-refractivity contribution in [3.05, 3.63) is 35.4 Å². The molecule has 2 aliphatic heterocycles. The fraction of sp³-hybridized carbons (Fsp3) is 0.417. The molecule has 2 aliphatic rings. The number of nitrogens with zero attached hydrogens (tertiary/aromatic N) is 1. The largest absolute Gasteiger partial charge is 0.335 e. The fourth-order valence-electron chi connectivity index (χ4n) is 2.63. The molecule has 0 N–H and O–H groups in total. The highest BCUT2D eigenvalue weighted by atomic mass is 16.2. The molecule has 1 unspecified atom stereocenters. The predicted octanol–water partition coefficient (Wildman–Crippen LogP) is 1.85. The Bertz CT molecular complexity index is 386. The first-order valence-corrected chi connectivity index (χ1v) is 5.25. The molecule has 1 fully saturated rings. The second-order valence-electron chi connectivity index (χ2n) is 4.16. The van der Waals surface area contributed by atoms with Gasteiger partial charge in [-0.05, 0) is 30.9 Å². The van der Waals surface area contributed by atoms with E-state index in [1.54, 1.807) is 0 Å². The van der Waals surface area contributed by atoms with Crippen molar-refractivity contribution >= 4 is 5.91 Å². The van der Waals surface area contributed by atoms with Gasteiger partial charge in [-0.3, -0.25) is 4.79 Å². The summed E-state index contributed by atoms with van der Waals surface area (Å²) >= 11 is 0. The molecule has 0 spiro atoms. The Morgan fingerprint density at radius 1 is 1.29 bits per heavy atom. The fourth-order valence-corrected chi connectivity index (χ4v) is 2.63. The van der Waals surface area contributed by atoms with Crippen molar-refractivity contribution in [1.29, 1.82) is 0 Å². The topological polar surface area (TPSA) is 20.3 Å². The minimum absolute atomic E-state index is 0.245. The second kappa shape index (κ2) is 2.84. The standard InChI is InChI=1S/C12H13NO/c14-12-11-6-2-1-4-9(11)8-10-5-3-7-13(10)12/h1-2,4,6,10H,3,5,7-8H2. The lowest BCUT2D eigenvalue weighted by Gasteiger charge is -2.30. The van der Waals surface area contributed by atoms with Crippen molar-refractivity contribution in [3.63, 3.8) is 0 Å². The molecule has 3 rings (SSSR count). The molecule has 2 heterocycles. The molecule has 2 nitrogen and oxygen atoms in total. The summed E-state index contributed by atoms with van der Waals surface area (Å²) in [6.07, 6.45) is 3.41. The third-order valence-electron chi connectivity index (χ3n) is 3.34. The maximum Gasteiger partial charge on any atom is 0.254 e. The number of hydrogen-bond donors (Lipinski definition) is 0. The van der Waals surface area contributed by atoms with Gasteiger partial charge in [0.25, 0.3) is 5.91 Å².